The van der Waals surface area contributed by atoms with Crippen molar-refractivity contribution in [1.82, 2.24) is 0 Å². The third-order valence-corrected chi connectivity index (χ3v) is 2.46. The van der Waals surface area contributed by atoms with Gasteiger partial charge in [-0.3, -0.25) is 0 Å². The maximum Gasteiger partial charge on any atom is 0.338 e. The highest BCUT2D eigenvalue weighted by Crippen LogP contribution is 2.26. The van der Waals surface area contributed by atoms with Crippen LogP contribution in [0.1, 0.15) is 17.3 Å². The summed E-state index contributed by atoms with van der Waals surface area (Å²) in [7, 11) is -3.64. The fourth-order valence-electron chi connectivity index (χ4n) is 1.07. The molecule has 5 nitrogen and oxygen atoms in total. The number of carbonyl (C=O) groups excluding carboxylic acids is 1. The van der Waals surface area contributed by atoms with Crippen LogP contribution in [0.15, 0.2) is 18.2 Å². The molecule has 0 bridgehead atoms. The second kappa shape index (κ2) is 5.37. The normalized spacial score (nSPS) is 11.0. The molecule has 1 rings (SSSR count). The second-order valence-electron chi connectivity index (χ2n) is 3.15. The van der Waals surface area contributed by atoms with Crippen molar-refractivity contribution < 1.29 is 22.1 Å². The van der Waals surface area contributed by atoms with E-state index in [0.29, 0.717) is 0 Å². The summed E-state index contributed by atoms with van der Waals surface area (Å²) in [4.78, 5) is 11.4. The van der Waals surface area contributed by atoms with Crippen LogP contribution in [0.3, 0.4) is 0 Å². The molecular weight excluding hydrogens is 268 g/mol. The van der Waals surface area contributed by atoms with Gasteiger partial charge in [0.15, 0.2) is 5.75 Å². The first-order chi connectivity index (χ1) is 7.83. The van der Waals surface area contributed by atoms with Crippen LogP contribution in [0.2, 0.25) is 5.02 Å². The monoisotopic (exact) mass is 278 g/mol. The van der Waals surface area contributed by atoms with Crippen molar-refractivity contribution in [3.05, 3.63) is 28.8 Å². The highest BCUT2D eigenvalue weighted by Gasteiger charge is 2.13. The SMILES string of the molecule is CCOC(=O)c1ccc(OS(C)(=O)=O)c(Cl)c1. The largest absolute Gasteiger partial charge is 0.462 e. The van der Waals surface area contributed by atoms with E-state index in [0.717, 1.165) is 6.26 Å². The molecule has 0 heterocycles. The van der Waals surface area contributed by atoms with Crippen LogP contribution >= 0.6 is 11.6 Å². The average Bonchev–Trinajstić information content (AvgIpc) is 2.19. The van der Waals surface area contributed by atoms with Gasteiger partial charge in [0.2, 0.25) is 0 Å². The van der Waals surface area contributed by atoms with E-state index in [2.05, 4.69) is 4.18 Å². The van der Waals surface area contributed by atoms with Gasteiger partial charge in [0, 0.05) is 0 Å². The Hall–Kier alpha value is -1.27. The summed E-state index contributed by atoms with van der Waals surface area (Å²) in [6.45, 7) is 1.93. The molecule has 0 N–H and O–H groups in total. The molecule has 0 saturated carbocycles. The van der Waals surface area contributed by atoms with E-state index < -0.39 is 16.1 Å². The van der Waals surface area contributed by atoms with Gasteiger partial charge in [0.1, 0.15) is 0 Å². The number of hydrogen-bond donors (Lipinski definition) is 0. The van der Waals surface area contributed by atoms with Crippen molar-refractivity contribution >= 4 is 27.7 Å². The van der Waals surface area contributed by atoms with E-state index in [1.165, 1.54) is 18.2 Å². The molecule has 0 aliphatic rings. The van der Waals surface area contributed by atoms with Crippen LogP contribution in [0.4, 0.5) is 0 Å². The average molecular weight is 279 g/mol. The summed E-state index contributed by atoms with van der Waals surface area (Å²) in [6.07, 6.45) is 0.905. The Morgan fingerprint density at radius 3 is 2.53 bits per heavy atom. The number of benzene rings is 1. The Labute approximate surface area is 104 Å². The smallest absolute Gasteiger partial charge is 0.338 e. The molecule has 7 heteroatoms. The first-order valence-corrected chi connectivity index (χ1v) is 6.89. The second-order valence-corrected chi connectivity index (χ2v) is 5.14. The molecule has 0 unspecified atom stereocenters. The van der Waals surface area contributed by atoms with Crippen LogP contribution in [0.25, 0.3) is 0 Å². The number of carbonyl (C=O) groups is 1. The first kappa shape index (κ1) is 13.8. The third-order valence-electron chi connectivity index (χ3n) is 1.68. The first-order valence-electron chi connectivity index (χ1n) is 4.69. The minimum atomic E-state index is -3.64. The van der Waals surface area contributed by atoms with Gasteiger partial charge < -0.3 is 8.92 Å². The molecule has 94 valence electrons. The molecule has 0 saturated heterocycles. The molecule has 0 fully saturated rings. The van der Waals surface area contributed by atoms with E-state index >= 15 is 0 Å². The lowest BCUT2D eigenvalue weighted by atomic mass is 10.2. The summed E-state index contributed by atoms with van der Waals surface area (Å²) in [5, 5.41) is 0.0287. The lowest BCUT2D eigenvalue weighted by Crippen LogP contribution is -2.08. The van der Waals surface area contributed by atoms with Gasteiger partial charge in [-0.1, -0.05) is 11.6 Å². The third kappa shape index (κ3) is 4.24. The zero-order chi connectivity index (χ0) is 13.1. The van der Waals surface area contributed by atoms with Crippen LogP contribution in [-0.4, -0.2) is 27.2 Å². The maximum absolute atomic E-state index is 11.4. The van der Waals surface area contributed by atoms with E-state index in [9.17, 15) is 13.2 Å². The number of rotatable bonds is 4. The summed E-state index contributed by atoms with van der Waals surface area (Å²) in [6, 6.07) is 3.97. The molecule has 0 aliphatic heterocycles. The van der Waals surface area contributed by atoms with Crippen LogP contribution in [0, 0.1) is 0 Å². The van der Waals surface area contributed by atoms with Crippen molar-refractivity contribution in [1.29, 1.82) is 0 Å². The molecule has 0 atom stereocenters. The molecule has 0 aromatic heterocycles. The maximum atomic E-state index is 11.4. The number of halogens is 1. The number of hydrogen-bond acceptors (Lipinski definition) is 5. The molecule has 0 amide bonds. The van der Waals surface area contributed by atoms with Crippen molar-refractivity contribution in [3.63, 3.8) is 0 Å². The van der Waals surface area contributed by atoms with E-state index in [4.69, 9.17) is 16.3 Å². The molecule has 0 aliphatic carbocycles. The van der Waals surface area contributed by atoms with Crippen molar-refractivity contribution in [2.24, 2.45) is 0 Å². The summed E-state index contributed by atoms with van der Waals surface area (Å²) < 4.78 is 31.2. The zero-order valence-corrected chi connectivity index (χ0v) is 10.8. The van der Waals surface area contributed by atoms with Gasteiger partial charge in [-0.15, -0.1) is 0 Å². The summed E-state index contributed by atoms with van der Waals surface area (Å²) in [5.74, 6) is -0.553. The molecule has 1 aromatic carbocycles. The fraction of sp³-hybridized carbons (Fsp3) is 0.300. The fourth-order valence-corrected chi connectivity index (χ4v) is 1.81. The number of ether oxygens (including phenoxy) is 1. The number of esters is 1. The predicted molar refractivity (Wildman–Crippen MR) is 62.9 cm³/mol. The quantitative estimate of drug-likeness (QED) is 0.621. The van der Waals surface area contributed by atoms with Crippen molar-refractivity contribution in [2.45, 2.75) is 6.92 Å². The molecule has 17 heavy (non-hydrogen) atoms. The lowest BCUT2D eigenvalue weighted by Gasteiger charge is -2.06. The Balaban J connectivity index is 2.98. The van der Waals surface area contributed by atoms with E-state index in [-0.39, 0.29) is 22.9 Å². The predicted octanol–water partition coefficient (Wildman–Crippen LogP) is 1.86. The van der Waals surface area contributed by atoms with Gasteiger partial charge in [0.05, 0.1) is 23.4 Å². The van der Waals surface area contributed by atoms with Crippen molar-refractivity contribution in [3.8, 4) is 5.75 Å². The molecular formula is C10H11ClO5S. The standard InChI is InChI=1S/C10H11ClO5S/c1-3-15-10(12)7-4-5-9(8(11)6-7)16-17(2,13)14/h4-6H,3H2,1-2H3. The summed E-state index contributed by atoms with van der Waals surface area (Å²) in [5.41, 5.74) is 0.234. The Morgan fingerprint density at radius 2 is 2.06 bits per heavy atom. The topological polar surface area (TPSA) is 69.7 Å². The Kier molecular flexibility index (Phi) is 4.36. The van der Waals surface area contributed by atoms with Gasteiger partial charge in [-0.25, -0.2) is 4.79 Å². The highest BCUT2D eigenvalue weighted by atomic mass is 35.5. The van der Waals surface area contributed by atoms with Crippen LogP contribution in [-0.2, 0) is 14.9 Å². The van der Waals surface area contributed by atoms with Gasteiger partial charge >= 0.3 is 16.1 Å². The zero-order valence-electron chi connectivity index (χ0n) is 9.27. The van der Waals surface area contributed by atoms with Crippen molar-refractivity contribution in [2.75, 3.05) is 12.9 Å². The van der Waals surface area contributed by atoms with Gasteiger partial charge in [0.25, 0.3) is 0 Å². The lowest BCUT2D eigenvalue weighted by molar-refractivity contribution is 0.0526. The molecule has 0 radical (unpaired) electrons. The summed E-state index contributed by atoms with van der Waals surface area (Å²) >= 11 is 5.78. The minimum absolute atomic E-state index is 0.0257. The van der Waals surface area contributed by atoms with Gasteiger partial charge in [-0.05, 0) is 25.1 Å². The van der Waals surface area contributed by atoms with Crippen LogP contribution in [0.5, 0.6) is 5.75 Å². The molecule has 1 aromatic rings. The Morgan fingerprint density at radius 1 is 1.41 bits per heavy atom. The Bertz CT molecular complexity index is 523. The van der Waals surface area contributed by atoms with Gasteiger partial charge in [-0.2, -0.15) is 8.42 Å². The highest BCUT2D eigenvalue weighted by molar-refractivity contribution is 7.86. The minimum Gasteiger partial charge on any atom is -0.462 e. The van der Waals surface area contributed by atoms with Crippen LogP contribution < -0.4 is 4.18 Å². The van der Waals surface area contributed by atoms with E-state index in [1.807, 2.05) is 0 Å². The molecule has 0 spiro atoms. The van der Waals surface area contributed by atoms with E-state index in [1.54, 1.807) is 6.92 Å².